The minimum Gasteiger partial charge on any atom is -0.468 e. The summed E-state index contributed by atoms with van der Waals surface area (Å²) in [5.74, 6) is 0.815. The fourth-order valence-electron chi connectivity index (χ4n) is 11.0. The molecule has 0 amide bonds. The minimum atomic E-state index is -0.254. The largest absolute Gasteiger partial charge is 0.468 e. The van der Waals surface area contributed by atoms with Crippen LogP contribution in [0.1, 0.15) is 0 Å². The Morgan fingerprint density at radius 3 is 1.46 bits per heavy atom. The summed E-state index contributed by atoms with van der Waals surface area (Å²) >= 11 is 3.73. The third kappa shape index (κ3) is 4.86. The Bertz CT molecular complexity index is 4110. The molecular formula is C58H33BN2O2S2. The first-order valence-corrected chi connectivity index (χ1v) is 23.7. The summed E-state index contributed by atoms with van der Waals surface area (Å²) in [5.41, 5.74) is 15.1. The summed E-state index contributed by atoms with van der Waals surface area (Å²) in [5, 5.41) is 7.23. The highest BCUT2D eigenvalue weighted by Gasteiger charge is 2.49. The average Bonchev–Trinajstić information content (AvgIpc) is 4.14. The Hall–Kier alpha value is -7.84. The maximum absolute atomic E-state index is 7.28. The number of anilines is 6. The number of hydrogen-bond acceptors (Lipinski definition) is 6. The molecule has 2 aliphatic rings. The van der Waals surface area contributed by atoms with E-state index >= 15 is 0 Å². The van der Waals surface area contributed by atoms with Crippen molar-refractivity contribution in [3.05, 3.63) is 200 Å². The zero-order valence-corrected chi connectivity index (χ0v) is 36.3. The number of para-hydroxylation sites is 2. The van der Waals surface area contributed by atoms with Crippen LogP contribution in [0.2, 0.25) is 0 Å². The zero-order valence-electron chi connectivity index (χ0n) is 34.7. The topological polar surface area (TPSA) is 32.8 Å². The fraction of sp³-hybridized carbons (Fsp3) is 0. The summed E-state index contributed by atoms with van der Waals surface area (Å²) in [6.45, 7) is -0.254. The first-order valence-electron chi connectivity index (χ1n) is 22.0. The molecule has 4 nitrogen and oxygen atoms in total. The Morgan fingerprint density at radius 1 is 0.354 bits per heavy atom. The maximum Gasteiger partial charge on any atom is 0.302 e. The Balaban J connectivity index is 1.08. The minimum absolute atomic E-state index is 0.254. The molecule has 0 saturated carbocycles. The van der Waals surface area contributed by atoms with Crippen LogP contribution in [-0.2, 0) is 0 Å². The first kappa shape index (κ1) is 35.6. The zero-order chi connectivity index (χ0) is 42.3. The molecule has 7 heteroatoms. The Kier molecular flexibility index (Phi) is 7.31. The van der Waals surface area contributed by atoms with Gasteiger partial charge in [0.2, 0.25) is 5.88 Å². The third-order valence-corrected chi connectivity index (χ3v) is 16.1. The third-order valence-electron chi connectivity index (χ3n) is 13.7. The van der Waals surface area contributed by atoms with Gasteiger partial charge < -0.3 is 13.7 Å². The van der Waals surface area contributed by atoms with E-state index < -0.39 is 0 Å². The molecule has 0 saturated heterocycles. The quantitative estimate of drug-likeness (QED) is 0.165. The van der Waals surface area contributed by atoms with Gasteiger partial charge in [-0.3, -0.25) is 4.90 Å². The average molecular weight is 865 g/mol. The molecular weight excluding hydrogens is 832 g/mol. The number of rotatable bonds is 4. The molecule has 65 heavy (non-hydrogen) atoms. The van der Waals surface area contributed by atoms with Crippen LogP contribution in [0.4, 0.5) is 34.3 Å². The molecule has 4 aromatic heterocycles. The van der Waals surface area contributed by atoms with E-state index in [0.717, 1.165) is 72.9 Å². The lowest BCUT2D eigenvalue weighted by Crippen LogP contribution is -2.60. The fourth-order valence-corrected chi connectivity index (χ4v) is 13.6. The van der Waals surface area contributed by atoms with Gasteiger partial charge in [-0.25, -0.2) is 0 Å². The van der Waals surface area contributed by atoms with E-state index in [0.29, 0.717) is 0 Å². The van der Waals surface area contributed by atoms with Gasteiger partial charge >= 0.3 is 6.71 Å². The number of benzene rings is 9. The van der Waals surface area contributed by atoms with Crippen molar-refractivity contribution in [2.75, 3.05) is 9.80 Å². The van der Waals surface area contributed by atoms with E-state index in [1.807, 2.05) is 22.7 Å². The monoisotopic (exact) mass is 864 g/mol. The molecule has 13 aromatic rings. The highest BCUT2D eigenvalue weighted by Crippen LogP contribution is 2.54. The molecule has 2 aliphatic heterocycles. The van der Waals surface area contributed by atoms with E-state index in [4.69, 9.17) is 8.83 Å². The SMILES string of the molecule is c1ccc(-c2c(N3c4cccc5c4B(c4oc6ccccc6c4N5c4ccc5c(sc6ccccc65)c4-c4ccccc4)c4c3oc3ccccc43)ccc3c2sc2ccccc23)cc1. The van der Waals surface area contributed by atoms with Crippen molar-refractivity contribution in [3.63, 3.8) is 0 Å². The lowest BCUT2D eigenvalue weighted by molar-refractivity contribution is 0.622. The molecule has 0 fully saturated rings. The van der Waals surface area contributed by atoms with E-state index in [1.54, 1.807) is 0 Å². The normalized spacial score (nSPS) is 13.1. The molecule has 0 spiro atoms. The van der Waals surface area contributed by atoms with E-state index in [1.165, 1.54) is 62.5 Å². The number of thiophene rings is 2. The summed E-state index contributed by atoms with van der Waals surface area (Å²) in [6.07, 6.45) is 0. The molecule has 0 N–H and O–H groups in total. The summed E-state index contributed by atoms with van der Waals surface area (Å²) in [4.78, 5) is 4.93. The second-order valence-corrected chi connectivity index (χ2v) is 19.1. The van der Waals surface area contributed by atoms with Gasteiger partial charge in [0.25, 0.3) is 0 Å². The van der Waals surface area contributed by atoms with Gasteiger partial charge in [0.15, 0.2) is 0 Å². The lowest BCUT2D eigenvalue weighted by Gasteiger charge is -2.41. The highest BCUT2D eigenvalue weighted by atomic mass is 32.1. The van der Waals surface area contributed by atoms with Crippen LogP contribution in [0.15, 0.2) is 209 Å². The van der Waals surface area contributed by atoms with Crippen LogP contribution >= 0.6 is 22.7 Å². The second kappa shape index (κ2) is 13.3. The number of fused-ring (bicyclic) bond motifs is 14. The standard InChI is InChI=1S/C58H33BN2O2S2/c1-3-16-34(17-4-1)50-42(32-30-38-36-20-9-13-28-48(36)64-55(38)50)60-44-24-15-25-45-53(44)59(57-54(60)41-23-8-12-27-47(41)62-57)52-40-22-7-11-26-46(40)63-58(52)61(45)43-33-31-39-37-21-10-14-29-49(37)65-56(39)51(43)35-18-5-2-6-19-35/h1-33H. The molecule has 9 aromatic carbocycles. The molecule has 0 aliphatic carbocycles. The highest BCUT2D eigenvalue weighted by molar-refractivity contribution is 7.26. The Labute approximate surface area is 381 Å². The number of nitrogens with zero attached hydrogens (tertiary/aromatic N) is 2. The van der Waals surface area contributed by atoms with Crippen molar-refractivity contribution in [3.8, 4) is 22.3 Å². The van der Waals surface area contributed by atoms with Crippen molar-refractivity contribution in [1.29, 1.82) is 0 Å². The van der Waals surface area contributed by atoms with Crippen molar-refractivity contribution in [2.24, 2.45) is 0 Å². The number of hydrogen-bond donors (Lipinski definition) is 0. The van der Waals surface area contributed by atoms with Crippen LogP contribution < -0.4 is 26.4 Å². The molecule has 0 unspecified atom stereocenters. The van der Waals surface area contributed by atoms with Crippen molar-refractivity contribution in [1.82, 2.24) is 0 Å². The number of furan rings is 2. The van der Waals surface area contributed by atoms with Crippen molar-refractivity contribution >= 4 is 143 Å². The molecule has 15 rings (SSSR count). The first-order chi connectivity index (χ1) is 32.3. The van der Waals surface area contributed by atoms with Gasteiger partial charge in [-0.05, 0) is 71.2 Å². The van der Waals surface area contributed by atoms with Crippen LogP contribution in [0.25, 0.3) is 84.5 Å². The van der Waals surface area contributed by atoms with E-state index in [2.05, 4.69) is 210 Å². The predicted octanol–water partition coefficient (Wildman–Crippen LogP) is 15.3. The molecule has 0 bridgehead atoms. The maximum atomic E-state index is 7.28. The molecule has 6 heterocycles. The molecule has 302 valence electrons. The van der Waals surface area contributed by atoms with Crippen LogP contribution in [0.3, 0.4) is 0 Å². The van der Waals surface area contributed by atoms with Gasteiger partial charge in [0, 0.05) is 79.1 Å². The van der Waals surface area contributed by atoms with Gasteiger partial charge in [-0.15, -0.1) is 22.7 Å². The molecule has 0 radical (unpaired) electrons. The van der Waals surface area contributed by atoms with Crippen LogP contribution in [0.5, 0.6) is 0 Å². The molecule has 0 atom stereocenters. The van der Waals surface area contributed by atoms with Crippen molar-refractivity contribution in [2.45, 2.75) is 0 Å². The summed E-state index contributed by atoms with van der Waals surface area (Å²) in [7, 11) is 0. The van der Waals surface area contributed by atoms with Crippen LogP contribution in [0, 0.1) is 0 Å². The van der Waals surface area contributed by atoms with Gasteiger partial charge in [-0.1, -0.05) is 146 Å². The second-order valence-electron chi connectivity index (χ2n) is 17.0. The summed E-state index contributed by atoms with van der Waals surface area (Å²) in [6, 6.07) is 72.6. The van der Waals surface area contributed by atoms with Gasteiger partial charge in [0.05, 0.1) is 22.7 Å². The smallest absolute Gasteiger partial charge is 0.302 e. The van der Waals surface area contributed by atoms with Gasteiger partial charge in [-0.2, -0.15) is 0 Å². The predicted molar refractivity (Wildman–Crippen MR) is 277 cm³/mol. The summed E-state index contributed by atoms with van der Waals surface area (Å²) < 4.78 is 19.6. The Morgan fingerprint density at radius 2 is 0.846 bits per heavy atom. The van der Waals surface area contributed by atoms with E-state index in [9.17, 15) is 0 Å². The van der Waals surface area contributed by atoms with Crippen LogP contribution in [-0.4, -0.2) is 6.71 Å². The van der Waals surface area contributed by atoms with Crippen molar-refractivity contribution < 1.29 is 8.83 Å². The van der Waals surface area contributed by atoms with Gasteiger partial charge in [0.1, 0.15) is 11.2 Å². The van der Waals surface area contributed by atoms with E-state index in [-0.39, 0.29) is 6.71 Å². The lowest BCUT2D eigenvalue weighted by atomic mass is 9.35.